The Morgan fingerprint density at radius 3 is 2.59 bits per heavy atom. The molecule has 100 valence electrons. The lowest BCUT2D eigenvalue weighted by molar-refractivity contribution is -0.121. The Balaban J connectivity index is 1.99. The van der Waals surface area contributed by atoms with Gasteiger partial charge in [-0.2, -0.15) is 0 Å². The molecule has 0 unspecified atom stereocenters. The van der Waals surface area contributed by atoms with Crippen LogP contribution in [0.2, 0.25) is 0 Å². The monoisotopic (exact) mass is 240 g/mol. The maximum absolute atomic E-state index is 11.4. The van der Waals surface area contributed by atoms with Gasteiger partial charge in [0.25, 0.3) is 0 Å². The summed E-state index contributed by atoms with van der Waals surface area (Å²) >= 11 is 0. The number of nitrogens with zero attached hydrogens (tertiary/aromatic N) is 1. The topological polar surface area (TPSA) is 32.3 Å². The summed E-state index contributed by atoms with van der Waals surface area (Å²) in [5, 5.41) is 3.00. The number of hydrogen-bond donors (Lipinski definition) is 1. The molecule has 3 nitrogen and oxygen atoms in total. The summed E-state index contributed by atoms with van der Waals surface area (Å²) < 4.78 is 0. The number of likely N-dealkylation sites (tertiary alicyclic amines) is 1. The van der Waals surface area contributed by atoms with Gasteiger partial charge in [0.05, 0.1) is 0 Å². The Hall–Kier alpha value is -0.570. The summed E-state index contributed by atoms with van der Waals surface area (Å²) in [7, 11) is 0. The Labute approximate surface area is 106 Å². The van der Waals surface area contributed by atoms with Crippen molar-refractivity contribution in [2.24, 2.45) is 11.8 Å². The lowest BCUT2D eigenvalue weighted by atomic mass is 9.99. The van der Waals surface area contributed by atoms with E-state index in [4.69, 9.17) is 0 Å². The molecule has 3 heteroatoms. The molecule has 0 atom stereocenters. The van der Waals surface area contributed by atoms with Crippen molar-refractivity contribution in [1.82, 2.24) is 10.2 Å². The Morgan fingerprint density at radius 1 is 1.35 bits per heavy atom. The highest BCUT2D eigenvalue weighted by molar-refractivity contribution is 5.75. The molecule has 1 N–H and O–H groups in total. The van der Waals surface area contributed by atoms with Gasteiger partial charge in [0.1, 0.15) is 0 Å². The molecule has 1 amide bonds. The lowest BCUT2D eigenvalue weighted by Crippen LogP contribution is -2.35. The zero-order valence-corrected chi connectivity index (χ0v) is 11.7. The maximum atomic E-state index is 11.4. The molecule has 0 aliphatic carbocycles. The second kappa shape index (κ2) is 7.70. The van der Waals surface area contributed by atoms with Gasteiger partial charge in [-0.05, 0) is 50.7 Å². The van der Waals surface area contributed by atoms with Crippen molar-refractivity contribution in [3.63, 3.8) is 0 Å². The molecule has 1 aliphatic heterocycles. The van der Waals surface area contributed by atoms with Crippen molar-refractivity contribution in [2.75, 3.05) is 26.2 Å². The van der Waals surface area contributed by atoms with E-state index in [1.54, 1.807) is 0 Å². The normalized spacial score (nSPS) is 18.6. The van der Waals surface area contributed by atoms with E-state index in [2.05, 4.69) is 31.0 Å². The highest BCUT2D eigenvalue weighted by atomic mass is 16.1. The largest absolute Gasteiger partial charge is 0.356 e. The van der Waals surface area contributed by atoms with E-state index < -0.39 is 0 Å². The van der Waals surface area contributed by atoms with Crippen LogP contribution in [0.15, 0.2) is 0 Å². The fraction of sp³-hybridized carbons (Fsp3) is 0.929. The van der Waals surface area contributed by atoms with Gasteiger partial charge in [-0.25, -0.2) is 0 Å². The van der Waals surface area contributed by atoms with Crippen molar-refractivity contribution in [2.45, 2.75) is 46.5 Å². The Kier molecular flexibility index (Phi) is 6.56. The molecule has 1 heterocycles. The summed E-state index contributed by atoms with van der Waals surface area (Å²) in [6, 6.07) is 0. The predicted octanol–water partition coefficient (Wildman–Crippen LogP) is 2.27. The molecule has 1 aliphatic rings. The van der Waals surface area contributed by atoms with E-state index in [1.807, 2.05) is 0 Å². The van der Waals surface area contributed by atoms with Gasteiger partial charge < -0.3 is 10.2 Å². The molecule has 1 rings (SSSR count). The van der Waals surface area contributed by atoms with Crippen LogP contribution in [0.4, 0.5) is 0 Å². The Bertz CT molecular complexity index is 220. The first-order chi connectivity index (χ1) is 8.08. The predicted molar refractivity (Wildman–Crippen MR) is 71.9 cm³/mol. The minimum Gasteiger partial charge on any atom is -0.356 e. The van der Waals surface area contributed by atoms with E-state index in [-0.39, 0.29) is 5.91 Å². The number of hydrogen-bond acceptors (Lipinski definition) is 2. The molecule has 0 spiro atoms. The van der Waals surface area contributed by atoms with E-state index in [1.165, 1.54) is 25.9 Å². The number of piperidine rings is 1. The van der Waals surface area contributed by atoms with Crippen LogP contribution < -0.4 is 5.32 Å². The van der Waals surface area contributed by atoms with E-state index in [9.17, 15) is 4.79 Å². The zero-order valence-electron chi connectivity index (χ0n) is 11.7. The summed E-state index contributed by atoms with van der Waals surface area (Å²) in [6.45, 7) is 10.9. The van der Waals surface area contributed by atoms with Gasteiger partial charge >= 0.3 is 0 Å². The van der Waals surface area contributed by atoms with Crippen LogP contribution in [-0.2, 0) is 4.79 Å². The standard InChI is InChI=1S/C14H28N2O/c1-12(2)11-14(17)15-7-4-8-16-9-5-13(3)6-10-16/h12-13H,4-11H2,1-3H3,(H,15,17). The molecular weight excluding hydrogens is 212 g/mol. The summed E-state index contributed by atoms with van der Waals surface area (Å²) in [6.07, 6.45) is 4.40. The summed E-state index contributed by atoms with van der Waals surface area (Å²) in [4.78, 5) is 13.9. The molecule has 0 saturated carbocycles. The van der Waals surface area contributed by atoms with Crippen molar-refractivity contribution in [1.29, 1.82) is 0 Å². The quantitative estimate of drug-likeness (QED) is 0.722. The number of rotatable bonds is 6. The third-order valence-corrected chi connectivity index (χ3v) is 3.44. The first-order valence-electron chi connectivity index (χ1n) is 7.07. The van der Waals surface area contributed by atoms with Gasteiger partial charge in [0.2, 0.25) is 5.91 Å². The average molecular weight is 240 g/mol. The van der Waals surface area contributed by atoms with Crippen LogP contribution in [0.25, 0.3) is 0 Å². The van der Waals surface area contributed by atoms with Crippen molar-refractivity contribution in [3.05, 3.63) is 0 Å². The number of nitrogens with one attached hydrogen (secondary N) is 1. The number of amides is 1. The van der Waals surface area contributed by atoms with Crippen molar-refractivity contribution >= 4 is 5.91 Å². The first-order valence-corrected chi connectivity index (χ1v) is 7.07. The lowest BCUT2D eigenvalue weighted by Gasteiger charge is -2.30. The second-order valence-corrected chi connectivity index (χ2v) is 5.83. The highest BCUT2D eigenvalue weighted by Crippen LogP contribution is 2.15. The average Bonchev–Trinajstić information content (AvgIpc) is 2.26. The minimum absolute atomic E-state index is 0.201. The van der Waals surface area contributed by atoms with Crippen LogP contribution in [0.3, 0.4) is 0 Å². The summed E-state index contributed by atoms with van der Waals surface area (Å²) in [5.74, 6) is 1.56. The van der Waals surface area contributed by atoms with Crippen LogP contribution in [0.1, 0.15) is 46.5 Å². The fourth-order valence-electron chi connectivity index (χ4n) is 2.26. The SMILES string of the molecule is CC(C)CC(=O)NCCCN1CCC(C)CC1. The van der Waals surface area contributed by atoms with Crippen molar-refractivity contribution < 1.29 is 4.79 Å². The first kappa shape index (κ1) is 14.5. The number of carbonyl (C=O) groups is 1. The van der Waals surface area contributed by atoms with E-state index >= 15 is 0 Å². The molecular formula is C14H28N2O. The third-order valence-electron chi connectivity index (χ3n) is 3.44. The second-order valence-electron chi connectivity index (χ2n) is 5.83. The van der Waals surface area contributed by atoms with Crippen molar-refractivity contribution in [3.8, 4) is 0 Å². The third kappa shape index (κ3) is 6.67. The Morgan fingerprint density at radius 2 is 2.00 bits per heavy atom. The maximum Gasteiger partial charge on any atom is 0.220 e. The smallest absolute Gasteiger partial charge is 0.220 e. The van der Waals surface area contributed by atoms with Gasteiger partial charge in [0, 0.05) is 13.0 Å². The fourth-order valence-corrected chi connectivity index (χ4v) is 2.26. The molecule has 17 heavy (non-hydrogen) atoms. The highest BCUT2D eigenvalue weighted by Gasteiger charge is 2.14. The molecule has 0 aromatic carbocycles. The minimum atomic E-state index is 0.201. The van der Waals surface area contributed by atoms with Gasteiger partial charge in [0.15, 0.2) is 0 Å². The summed E-state index contributed by atoms with van der Waals surface area (Å²) in [5.41, 5.74) is 0. The zero-order chi connectivity index (χ0) is 12.7. The van der Waals surface area contributed by atoms with E-state index in [0.29, 0.717) is 12.3 Å². The van der Waals surface area contributed by atoms with Gasteiger partial charge in [-0.3, -0.25) is 4.79 Å². The molecule has 0 radical (unpaired) electrons. The molecule has 0 aromatic rings. The van der Waals surface area contributed by atoms with Crippen LogP contribution >= 0.6 is 0 Å². The number of carbonyl (C=O) groups excluding carboxylic acids is 1. The van der Waals surface area contributed by atoms with Crippen LogP contribution in [0.5, 0.6) is 0 Å². The van der Waals surface area contributed by atoms with Gasteiger partial charge in [-0.1, -0.05) is 20.8 Å². The van der Waals surface area contributed by atoms with Crippen LogP contribution in [-0.4, -0.2) is 37.0 Å². The molecule has 0 bridgehead atoms. The molecule has 1 saturated heterocycles. The molecule has 1 fully saturated rings. The molecule has 0 aromatic heterocycles. The van der Waals surface area contributed by atoms with Gasteiger partial charge in [-0.15, -0.1) is 0 Å². The van der Waals surface area contributed by atoms with E-state index in [0.717, 1.165) is 25.4 Å². The van der Waals surface area contributed by atoms with Crippen LogP contribution in [0, 0.1) is 11.8 Å².